The van der Waals surface area contributed by atoms with Crippen molar-refractivity contribution in [1.82, 2.24) is 15.5 Å². The van der Waals surface area contributed by atoms with E-state index in [1.54, 1.807) is 7.11 Å². The number of carbonyl (C=O) groups excluding carboxylic acids is 1. The number of nitrogens with zero attached hydrogens (tertiary/aromatic N) is 2. The molecule has 6 nitrogen and oxygen atoms in total. The number of amides is 1. The molecule has 3 rings (SSSR count). The van der Waals surface area contributed by atoms with Gasteiger partial charge in [-0.3, -0.25) is 9.69 Å². The lowest BCUT2D eigenvalue weighted by atomic mass is 10.1. The highest BCUT2D eigenvalue weighted by Gasteiger charge is 2.36. The molecule has 2 atom stereocenters. The Morgan fingerprint density at radius 3 is 2.58 bits per heavy atom. The molecule has 2 aromatic rings. The van der Waals surface area contributed by atoms with Gasteiger partial charge in [0, 0.05) is 64.1 Å². The largest absolute Gasteiger partial charge is 0.383 e. The van der Waals surface area contributed by atoms with Crippen molar-refractivity contribution in [3.05, 3.63) is 70.8 Å². The van der Waals surface area contributed by atoms with Crippen molar-refractivity contribution in [2.24, 2.45) is 0 Å². The first-order valence-corrected chi connectivity index (χ1v) is 11.8. The molecule has 1 fully saturated rings. The molecule has 0 unspecified atom stereocenters. The molecule has 1 saturated heterocycles. The van der Waals surface area contributed by atoms with Gasteiger partial charge in [-0.05, 0) is 41.8 Å². The van der Waals surface area contributed by atoms with Gasteiger partial charge >= 0.3 is 0 Å². The lowest BCUT2D eigenvalue weighted by Gasteiger charge is -2.23. The third kappa shape index (κ3) is 7.86. The Hall–Kier alpha value is -2.38. The summed E-state index contributed by atoms with van der Waals surface area (Å²) in [4.78, 5) is 17.2. The number of benzene rings is 2. The molecule has 2 N–H and O–H groups in total. The number of ether oxygens (including phenoxy) is 1. The zero-order valence-corrected chi connectivity index (χ0v) is 20.5. The summed E-state index contributed by atoms with van der Waals surface area (Å²) in [7, 11) is 5.72. The fraction of sp³-hybridized carbons (Fsp3) is 0.423. The van der Waals surface area contributed by atoms with E-state index in [0.717, 1.165) is 30.1 Å². The summed E-state index contributed by atoms with van der Waals surface area (Å²) in [5, 5.41) is 7.32. The number of hydrogen-bond acceptors (Lipinski definition) is 5. The zero-order valence-electron chi connectivity index (χ0n) is 19.8. The molecule has 0 aromatic heterocycles. The maximum atomic E-state index is 12.8. The van der Waals surface area contributed by atoms with Crippen molar-refractivity contribution >= 4 is 29.3 Å². The number of hydrogen-bond donors (Lipinski definition) is 2. The normalized spacial score (nSPS) is 18.7. The Labute approximate surface area is 202 Å². The van der Waals surface area contributed by atoms with Gasteiger partial charge in [0.05, 0.1) is 12.6 Å². The smallest absolute Gasteiger partial charge is 0.237 e. The van der Waals surface area contributed by atoms with Crippen LogP contribution in [-0.4, -0.2) is 70.3 Å². The van der Waals surface area contributed by atoms with E-state index >= 15 is 0 Å². The SMILES string of the molecule is COCCNC(=O)[C@@H]1C[C@H](NC/C=C/c2ccc(N(C)C)cc2)CN1Cc1ccc(Cl)cc1. The van der Waals surface area contributed by atoms with Gasteiger partial charge in [-0.15, -0.1) is 0 Å². The Morgan fingerprint density at radius 2 is 1.91 bits per heavy atom. The van der Waals surface area contributed by atoms with Crippen LogP contribution in [0.1, 0.15) is 17.5 Å². The van der Waals surface area contributed by atoms with Crippen molar-refractivity contribution in [2.45, 2.75) is 25.0 Å². The van der Waals surface area contributed by atoms with Gasteiger partial charge < -0.3 is 20.3 Å². The van der Waals surface area contributed by atoms with E-state index in [2.05, 4.69) is 56.9 Å². The van der Waals surface area contributed by atoms with Crippen LogP contribution in [0.25, 0.3) is 6.08 Å². The summed E-state index contributed by atoms with van der Waals surface area (Å²) < 4.78 is 5.07. The van der Waals surface area contributed by atoms with Crippen LogP contribution in [-0.2, 0) is 16.1 Å². The van der Waals surface area contributed by atoms with Crippen LogP contribution in [0.15, 0.2) is 54.6 Å². The average molecular weight is 471 g/mol. The average Bonchev–Trinajstić information content (AvgIpc) is 3.21. The predicted octanol–water partition coefficient (Wildman–Crippen LogP) is 3.41. The molecule has 1 heterocycles. The molecule has 0 radical (unpaired) electrons. The topological polar surface area (TPSA) is 56.8 Å². The van der Waals surface area contributed by atoms with Crippen LogP contribution in [0.3, 0.4) is 0 Å². The monoisotopic (exact) mass is 470 g/mol. The van der Waals surface area contributed by atoms with E-state index in [1.807, 2.05) is 38.4 Å². The van der Waals surface area contributed by atoms with E-state index in [-0.39, 0.29) is 18.0 Å². The predicted molar refractivity (Wildman–Crippen MR) is 137 cm³/mol. The third-order valence-electron chi connectivity index (χ3n) is 5.85. The van der Waals surface area contributed by atoms with Crippen molar-refractivity contribution in [1.29, 1.82) is 0 Å². The summed E-state index contributed by atoms with van der Waals surface area (Å²) in [5.41, 5.74) is 3.51. The van der Waals surface area contributed by atoms with Crippen LogP contribution < -0.4 is 15.5 Å². The van der Waals surface area contributed by atoms with Gasteiger partial charge in [0.2, 0.25) is 5.91 Å². The van der Waals surface area contributed by atoms with Crippen molar-refractivity contribution < 1.29 is 9.53 Å². The first-order chi connectivity index (χ1) is 16.0. The van der Waals surface area contributed by atoms with Gasteiger partial charge in [-0.25, -0.2) is 0 Å². The number of nitrogens with one attached hydrogen (secondary N) is 2. The quantitative estimate of drug-likeness (QED) is 0.493. The first-order valence-electron chi connectivity index (χ1n) is 11.4. The Morgan fingerprint density at radius 1 is 1.18 bits per heavy atom. The van der Waals surface area contributed by atoms with E-state index in [1.165, 1.54) is 11.3 Å². The number of likely N-dealkylation sites (tertiary alicyclic amines) is 1. The van der Waals surface area contributed by atoms with Gasteiger partial charge in [-0.2, -0.15) is 0 Å². The molecule has 178 valence electrons. The lowest BCUT2D eigenvalue weighted by Crippen LogP contribution is -2.43. The first kappa shape index (κ1) is 25.2. The van der Waals surface area contributed by atoms with Gasteiger partial charge in [0.1, 0.15) is 0 Å². The number of carbonyl (C=O) groups is 1. The molecule has 1 aliphatic heterocycles. The van der Waals surface area contributed by atoms with E-state index in [4.69, 9.17) is 16.3 Å². The minimum atomic E-state index is -0.169. The highest BCUT2D eigenvalue weighted by atomic mass is 35.5. The number of anilines is 1. The summed E-state index contributed by atoms with van der Waals surface area (Å²) in [6.07, 6.45) is 5.04. The molecular weight excluding hydrogens is 436 g/mol. The van der Waals surface area contributed by atoms with Crippen LogP contribution in [0.2, 0.25) is 5.02 Å². The number of methoxy groups -OCH3 is 1. The summed E-state index contributed by atoms with van der Waals surface area (Å²) in [6.45, 7) is 3.32. The van der Waals surface area contributed by atoms with Gasteiger partial charge in [0.25, 0.3) is 0 Å². The molecular formula is C26H35ClN4O2. The summed E-state index contributed by atoms with van der Waals surface area (Å²) >= 11 is 6.03. The minimum absolute atomic E-state index is 0.0573. The second-order valence-electron chi connectivity index (χ2n) is 8.58. The van der Waals surface area contributed by atoms with Gasteiger partial charge in [-0.1, -0.05) is 48.0 Å². The van der Waals surface area contributed by atoms with Crippen molar-refractivity contribution in [2.75, 3.05) is 52.3 Å². The summed E-state index contributed by atoms with van der Waals surface area (Å²) in [6, 6.07) is 16.4. The Balaban J connectivity index is 1.56. The van der Waals surface area contributed by atoms with Crippen LogP contribution in [0, 0.1) is 0 Å². The maximum absolute atomic E-state index is 12.8. The molecule has 2 aromatic carbocycles. The summed E-state index contributed by atoms with van der Waals surface area (Å²) in [5.74, 6) is 0.0573. The third-order valence-corrected chi connectivity index (χ3v) is 6.11. The maximum Gasteiger partial charge on any atom is 0.237 e. The lowest BCUT2D eigenvalue weighted by molar-refractivity contribution is -0.125. The van der Waals surface area contributed by atoms with E-state index in [9.17, 15) is 4.79 Å². The zero-order chi connectivity index (χ0) is 23.6. The molecule has 0 aliphatic carbocycles. The fourth-order valence-corrected chi connectivity index (χ4v) is 4.16. The number of rotatable bonds is 11. The number of halogens is 1. The van der Waals surface area contributed by atoms with Crippen molar-refractivity contribution in [3.8, 4) is 0 Å². The van der Waals surface area contributed by atoms with Crippen molar-refractivity contribution in [3.63, 3.8) is 0 Å². The standard InChI is InChI=1S/C26H35ClN4O2/c1-30(2)24-12-8-20(9-13-24)5-4-14-28-23-17-25(26(32)29-15-16-33-3)31(19-23)18-21-6-10-22(27)11-7-21/h4-13,23,25,28H,14-19H2,1-3H3,(H,29,32)/b5-4+/t23-,25-/m0/s1. The Kier molecular flexibility index (Phi) is 9.76. The van der Waals surface area contributed by atoms with Crippen LogP contribution >= 0.6 is 11.6 Å². The molecule has 0 bridgehead atoms. The van der Waals surface area contributed by atoms with E-state index in [0.29, 0.717) is 19.7 Å². The fourth-order valence-electron chi connectivity index (χ4n) is 4.03. The molecule has 0 saturated carbocycles. The minimum Gasteiger partial charge on any atom is -0.383 e. The molecule has 7 heteroatoms. The Bertz CT molecular complexity index is 900. The highest BCUT2D eigenvalue weighted by molar-refractivity contribution is 6.30. The van der Waals surface area contributed by atoms with Crippen LogP contribution in [0.5, 0.6) is 0 Å². The molecule has 1 aliphatic rings. The second kappa shape index (κ2) is 12.8. The second-order valence-corrected chi connectivity index (χ2v) is 9.02. The molecule has 33 heavy (non-hydrogen) atoms. The van der Waals surface area contributed by atoms with E-state index < -0.39 is 0 Å². The highest BCUT2D eigenvalue weighted by Crippen LogP contribution is 2.22. The van der Waals surface area contributed by atoms with Crippen LogP contribution in [0.4, 0.5) is 5.69 Å². The molecule has 0 spiro atoms. The molecule has 1 amide bonds. The van der Waals surface area contributed by atoms with Gasteiger partial charge in [0.15, 0.2) is 0 Å².